The summed E-state index contributed by atoms with van der Waals surface area (Å²) in [7, 11) is 3.37. The zero-order chi connectivity index (χ0) is 19.2. The first-order valence-corrected chi connectivity index (χ1v) is 8.36. The molecule has 27 heavy (non-hydrogen) atoms. The molecule has 1 amide bonds. The molecule has 0 fully saturated rings. The minimum atomic E-state index is -0.305. The maximum atomic E-state index is 13.0. The Morgan fingerprint density at radius 1 is 1.26 bits per heavy atom. The van der Waals surface area contributed by atoms with Crippen molar-refractivity contribution in [3.05, 3.63) is 66.4 Å². The van der Waals surface area contributed by atoms with Gasteiger partial charge in [-0.2, -0.15) is 0 Å². The van der Waals surface area contributed by atoms with Gasteiger partial charge < -0.3 is 14.5 Å². The molecule has 0 aliphatic rings. The van der Waals surface area contributed by atoms with Crippen LogP contribution in [0.5, 0.6) is 5.75 Å². The molecule has 0 atom stereocenters. The molecule has 140 valence electrons. The average Bonchev–Trinajstić information content (AvgIpc) is 3.10. The van der Waals surface area contributed by atoms with Crippen LogP contribution in [0.4, 0.5) is 10.1 Å². The Balaban J connectivity index is 1.55. The Labute approximate surface area is 156 Å². The molecule has 0 spiro atoms. The highest BCUT2D eigenvalue weighted by Gasteiger charge is 2.12. The van der Waals surface area contributed by atoms with Crippen molar-refractivity contribution in [2.75, 3.05) is 26.0 Å². The van der Waals surface area contributed by atoms with Crippen LogP contribution in [0.2, 0.25) is 0 Å². The third-order valence-corrected chi connectivity index (χ3v) is 3.85. The second kappa shape index (κ2) is 8.46. The molecule has 1 N–H and O–H groups in total. The van der Waals surface area contributed by atoms with E-state index in [2.05, 4.69) is 10.3 Å². The molecule has 0 aliphatic heterocycles. The number of halogens is 1. The van der Waals surface area contributed by atoms with E-state index >= 15 is 0 Å². The first kappa shape index (κ1) is 18.6. The number of carbonyl (C=O) groups is 1. The molecule has 6 nitrogen and oxygen atoms in total. The topological polar surface area (TPSA) is 67.6 Å². The highest BCUT2D eigenvalue weighted by molar-refractivity contribution is 5.92. The third kappa shape index (κ3) is 5.15. The summed E-state index contributed by atoms with van der Waals surface area (Å²) in [6.45, 7) is 0.540. The standard InChI is InChI=1S/C20H20FN3O3/c1-24(12-19(25)23-16-4-3-5-17(10-16)26-2)13-20-22-11-18(27-20)14-6-8-15(21)9-7-14/h3-11H,12-13H2,1-2H3,(H,23,25). The average molecular weight is 369 g/mol. The molecule has 0 unspecified atom stereocenters. The van der Waals surface area contributed by atoms with Gasteiger partial charge in [0.05, 0.1) is 26.4 Å². The van der Waals surface area contributed by atoms with Gasteiger partial charge in [-0.1, -0.05) is 6.07 Å². The Hall–Kier alpha value is -3.19. The second-order valence-electron chi connectivity index (χ2n) is 6.08. The minimum absolute atomic E-state index is 0.156. The monoisotopic (exact) mass is 369 g/mol. The molecular weight excluding hydrogens is 349 g/mol. The number of methoxy groups -OCH3 is 1. The van der Waals surface area contributed by atoms with E-state index in [1.165, 1.54) is 12.1 Å². The predicted molar refractivity (Wildman–Crippen MR) is 99.9 cm³/mol. The van der Waals surface area contributed by atoms with Crippen molar-refractivity contribution in [3.8, 4) is 17.1 Å². The fourth-order valence-electron chi connectivity index (χ4n) is 2.56. The Morgan fingerprint density at radius 2 is 2.04 bits per heavy atom. The number of likely N-dealkylation sites (N-methyl/N-ethyl adjacent to an activating group) is 1. The fraction of sp³-hybridized carbons (Fsp3) is 0.200. The van der Waals surface area contributed by atoms with Crippen LogP contribution in [0.15, 0.2) is 59.1 Å². The highest BCUT2D eigenvalue weighted by atomic mass is 19.1. The molecule has 7 heteroatoms. The molecule has 0 saturated heterocycles. The largest absolute Gasteiger partial charge is 0.497 e. The predicted octanol–water partition coefficient (Wildman–Crippen LogP) is 3.56. The van der Waals surface area contributed by atoms with Crippen molar-refractivity contribution in [2.24, 2.45) is 0 Å². The van der Waals surface area contributed by atoms with Gasteiger partial charge in [0.15, 0.2) is 5.76 Å². The van der Waals surface area contributed by atoms with E-state index in [0.29, 0.717) is 29.6 Å². The van der Waals surface area contributed by atoms with Crippen molar-refractivity contribution in [1.82, 2.24) is 9.88 Å². The van der Waals surface area contributed by atoms with Crippen LogP contribution in [0, 0.1) is 5.82 Å². The summed E-state index contributed by atoms with van der Waals surface area (Å²) in [5, 5.41) is 2.82. The van der Waals surface area contributed by atoms with Gasteiger partial charge in [-0.05, 0) is 43.4 Å². The second-order valence-corrected chi connectivity index (χ2v) is 6.08. The number of aromatic nitrogens is 1. The molecule has 0 saturated carbocycles. The number of hydrogen-bond acceptors (Lipinski definition) is 5. The molecule has 3 aromatic rings. The maximum absolute atomic E-state index is 13.0. The van der Waals surface area contributed by atoms with Crippen LogP contribution < -0.4 is 10.1 Å². The van der Waals surface area contributed by atoms with Gasteiger partial charge in [0.25, 0.3) is 0 Å². The summed E-state index contributed by atoms with van der Waals surface area (Å²) in [6.07, 6.45) is 1.59. The van der Waals surface area contributed by atoms with Gasteiger partial charge in [-0.15, -0.1) is 0 Å². The highest BCUT2D eigenvalue weighted by Crippen LogP contribution is 2.21. The van der Waals surface area contributed by atoms with Crippen molar-refractivity contribution in [2.45, 2.75) is 6.54 Å². The first-order chi connectivity index (χ1) is 13.0. The van der Waals surface area contributed by atoms with Crippen molar-refractivity contribution in [3.63, 3.8) is 0 Å². The number of ether oxygens (including phenoxy) is 1. The van der Waals surface area contributed by atoms with E-state index < -0.39 is 0 Å². The SMILES string of the molecule is COc1cccc(NC(=O)CN(C)Cc2ncc(-c3ccc(F)cc3)o2)c1. The van der Waals surface area contributed by atoms with Crippen LogP contribution >= 0.6 is 0 Å². The smallest absolute Gasteiger partial charge is 0.238 e. The Kier molecular flexibility index (Phi) is 5.83. The van der Waals surface area contributed by atoms with E-state index in [1.54, 1.807) is 49.5 Å². The number of nitrogens with one attached hydrogen (secondary N) is 1. The summed E-state index contributed by atoms with van der Waals surface area (Å²) in [4.78, 5) is 18.2. The van der Waals surface area contributed by atoms with Gasteiger partial charge >= 0.3 is 0 Å². The molecule has 1 aromatic heterocycles. The quantitative estimate of drug-likeness (QED) is 0.690. The summed E-state index contributed by atoms with van der Waals surface area (Å²) in [5.74, 6) is 1.25. The molecule has 3 rings (SSSR count). The lowest BCUT2D eigenvalue weighted by Crippen LogP contribution is -2.29. The number of amides is 1. The van der Waals surface area contributed by atoms with Gasteiger partial charge in [-0.3, -0.25) is 9.69 Å². The van der Waals surface area contributed by atoms with E-state index in [4.69, 9.17) is 9.15 Å². The van der Waals surface area contributed by atoms with Crippen molar-refractivity contribution >= 4 is 11.6 Å². The molecule has 0 aliphatic carbocycles. The Morgan fingerprint density at radius 3 is 2.78 bits per heavy atom. The molecular formula is C20H20FN3O3. The van der Waals surface area contributed by atoms with Crippen LogP contribution in [0.3, 0.4) is 0 Å². The summed E-state index contributed by atoms with van der Waals surface area (Å²) in [6, 6.07) is 13.2. The van der Waals surface area contributed by atoms with E-state index in [0.717, 1.165) is 5.56 Å². The zero-order valence-corrected chi connectivity index (χ0v) is 15.1. The third-order valence-electron chi connectivity index (χ3n) is 3.85. The van der Waals surface area contributed by atoms with Crippen molar-refractivity contribution in [1.29, 1.82) is 0 Å². The lowest BCUT2D eigenvalue weighted by atomic mass is 10.2. The number of anilines is 1. The number of nitrogens with zero attached hydrogens (tertiary/aromatic N) is 2. The normalized spacial score (nSPS) is 10.8. The summed E-state index contributed by atoms with van der Waals surface area (Å²) in [5.41, 5.74) is 1.41. The molecule has 1 heterocycles. The fourth-order valence-corrected chi connectivity index (χ4v) is 2.56. The number of hydrogen-bond donors (Lipinski definition) is 1. The number of carbonyl (C=O) groups excluding carboxylic acids is 1. The number of rotatable bonds is 7. The van der Waals surface area contributed by atoms with Crippen LogP contribution in [0.25, 0.3) is 11.3 Å². The minimum Gasteiger partial charge on any atom is -0.497 e. The van der Waals surface area contributed by atoms with Crippen LogP contribution in [0.1, 0.15) is 5.89 Å². The molecule has 0 bridgehead atoms. The van der Waals surface area contributed by atoms with Gasteiger partial charge in [0, 0.05) is 17.3 Å². The number of benzene rings is 2. The van der Waals surface area contributed by atoms with Gasteiger partial charge in [0.1, 0.15) is 11.6 Å². The van der Waals surface area contributed by atoms with Crippen molar-refractivity contribution < 1.29 is 18.3 Å². The zero-order valence-electron chi connectivity index (χ0n) is 15.1. The van der Waals surface area contributed by atoms with E-state index in [-0.39, 0.29) is 18.3 Å². The Bertz CT molecular complexity index is 909. The lowest BCUT2D eigenvalue weighted by molar-refractivity contribution is -0.117. The summed E-state index contributed by atoms with van der Waals surface area (Å²) < 4.78 is 23.8. The van der Waals surface area contributed by atoms with E-state index in [1.807, 2.05) is 12.1 Å². The van der Waals surface area contributed by atoms with Crippen LogP contribution in [-0.4, -0.2) is 36.5 Å². The molecule has 2 aromatic carbocycles. The van der Waals surface area contributed by atoms with Gasteiger partial charge in [-0.25, -0.2) is 9.37 Å². The van der Waals surface area contributed by atoms with Crippen LogP contribution in [-0.2, 0) is 11.3 Å². The maximum Gasteiger partial charge on any atom is 0.238 e. The number of oxazole rings is 1. The first-order valence-electron chi connectivity index (χ1n) is 8.36. The summed E-state index contributed by atoms with van der Waals surface area (Å²) >= 11 is 0. The van der Waals surface area contributed by atoms with E-state index in [9.17, 15) is 9.18 Å². The lowest BCUT2D eigenvalue weighted by Gasteiger charge is -2.14. The molecule has 0 radical (unpaired) electrons. The van der Waals surface area contributed by atoms with Gasteiger partial charge in [0.2, 0.25) is 11.8 Å².